The number of benzene rings is 1. The van der Waals surface area contributed by atoms with Crippen molar-refractivity contribution in [1.82, 2.24) is 10.2 Å². The van der Waals surface area contributed by atoms with Gasteiger partial charge in [0.25, 0.3) is 5.69 Å². The Labute approximate surface area is 142 Å². The monoisotopic (exact) mass is 351 g/mol. The number of nitro benzene ring substituents is 1. The number of aromatic nitrogens is 2. The standard InChI is InChI=1S/C14H17N5O2S2/c1-14(15)6-8-18(9-7-14)12-16-17-13(23-12)22-11-4-2-10(3-5-11)19(20)21/h2-5H,6-9,15H2,1H3. The highest BCUT2D eigenvalue weighted by Gasteiger charge is 2.27. The summed E-state index contributed by atoms with van der Waals surface area (Å²) in [6.07, 6.45) is 1.88. The van der Waals surface area contributed by atoms with Gasteiger partial charge in [-0.2, -0.15) is 0 Å². The molecule has 0 spiro atoms. The number of rotatable bonds is 4. The zero-order valence-corrected chi connectivity index (χ0v) is 14.3. The second-order valence-corrected chi connectivity index (χ2v) is 8.12. The number of hydrogen-bond donors (Lipinski definition) is 1. The van der Waals surface area contributed by atoms with E-state index in [2.05, 4.69) is 22.0 Å². The zero-order chi connectivity index (χ0) is 16.4. The summed E-state index contributed by atoms with van der Waals surface area (Å²) < 4.78 is 0.829. The summed E-state index contributed by atoms with van der Waals surface area (Å²) in [5.41, 5.74) is 6.15. The lowest BCUT2D eigenvalue weighted by Gasteiger charge is -2.36. The number of hydrogen-bond acceptors (Lipinski definition) is 8. The Morgan fingerprint density at radius 2 is 1.96 bits per heavy atom. The van der Waals surface area contributed by atoms with Crippen molar-refractivity contribution in [2.24, 2.45) is 5.73 Å². The van der Waals surface area contributed by atoms with E-state index in [1.54, 1.807) is 12.1 Å². The van der Waals surface area contributed by atoms with Crippen molar-refractivity contribution in [3.63, 3.8) is 0 Å². The third kappa shape index (κ3) is 3.98. The van der Waals surface area contributed by atoms with Crippen LogP contribution < -0.4 is 10.6 Å². The third-order valence-electron chi connectivity index (χ3n) is 3.82. The first-order chi connectivity index (χ1) is 10.9. The van der Waals surface area contributed by atoms with Crippen molar-refractivity contribution >= 4 is 33.9 Å². The highest BCUT2D eigenvalue weighted by molar-refractivity contribution is 8.01. The van der Waals surface area contributed by atoms with Crippen molar-refractivity contribution in [2.75, 3.05) is 18.0 Å². The zero-order valence-electron chi connectivity index (χ0n) is 12.6. The Morgan fingerprint density at radius 3 is 2.57 bits per heavy atom. The van der Waals surface area contributed by atoms with Crippen molar-refractivity contribution in [1.29, 1.82) is 0 Å². The maximum atomic E-state index is 10.7. The summed E-state index contributed by atoms with van der Waals surface area (Å²) in [4.78, 5) is 13.4. The molecule has 122 valence electrons. The van der Waals surface area contributed by atoms with Crippen LogP contribution in [0.1, 0.15) is 19.8 Å². The molecular formula is C14H17N5O2S2. The Bertz CT molecular complexity index is 691. The minimum absolute atomic E-state index is 0.0858. The molecule has 1 saturated heterocycles. The minimum atomic E-state index is -0.404. The van der Waals surface area contributed by atoms with Crippen molar-refractivity contribution in [3.8, 4) is 0 Å². The van der Waals surface area contributed by atoms with Gasteiger partial charge in [-0.15, -0.1) is 10.2 Å². The van der Waals surface area contributed by atoms with Crippen LogP contribution in [0.25, 0.3) is 0 Å². The van der Waals surface area contributed by atoms with E-state index >= 15 is 0 Å². The predicted octanol–water partition coefficient (Wildman–Crippen LogP) is 2.92. The molecule has 0 saturated carbocycles. The highest BCUT2D eigenvalue weighted by atomic mass is 32.2. The molecule has 23 heavy (non-hydrogen) atoms. The second-order valence-electron chi connectivity index (χ2n) is 5.84. The lowest BCUT2D eigenvalue weighted by Crippen LogP contribution is -2.48. The van der Waals surface area contributed by atoms with E-state index in [4.69, 9.17) is 5.73 Å². The summed E-state index contributed by atoms with van der Waals surface area (Å²) in [7, 11) is 0. The Kier molecular flexibility index (Phi) is 4.51. The van der Waals surface area contributed by atoms with Crippen LogP contribution in [0, 0.1) is 10.1 Å². The van der Waals surface area contributed by atoms with E-state index in [1.165, 1.54) is 35.2 Å². The molecule has 9 heteroatoms. The van der Waals surface area contributed by atoms with Crippen molar-refractivity contribution < 1.29 is 4.92 Å². The number of non-ortho nitro benzene ring substituents is 1. The highest BCUT2D eigenvalue weighted by Crippen LogP contribution is 2.35. The molecule has 2 heterocycles. The average Bonchev–Trinajstić information content (AvgIpc) is 2.96. The molecular weight excluding hydrogens is 334 g/mol. The molecule has 1 aliphatic rings. The van der Waals surface area contributed by atoms with Crippen LogP contribution in [0.5, 0.6) is 0 Å². The van der Waals surface area contributed by atoms with Gasteiger partial charge in [0.15, 0.2) is 4.34 Å². The van der Waals surface area contributed by atoms with Gasteiger partial charge in [-0.05, 0) is 31.9 Å². The second kappa shape index (κ2) is 6.42. The number of piperidine rings is 1. The molecule has 1 aromatic carbocycles. The van der Waals surface area contributed by atoms with E-state index in [1.807, 2.05) is 0 Å². The van der Waals surface area contributed by atoms with Crippen LogP contribution in [0.3, 0.4) is 0 Å². The van der Waals surface area contributed by atoms with Gasteiger partial charge in [-0.25, -0.2) is 0 Å². The Morgan fingerprint density at radius 1 is 1.30 bits per heavy atom. The number of nitrogens with two attached hydrogens (primary N) is 1. The van der Waals surface area contributed by atoms with Crippen molar-refractivity contribution in [3.05, 3.63) is 34.4 Å². The van der Waals surface area contributed by atoms with Gasteiger partial charge >= 0.3 is 0 Å². The fourth-order valence-electron chi connectivity index (χ4n) is 2.32. The molecule has 0 aliphatic carbocycles. The SMILES string of the molecule is CC1(N)CCN(c2nnc(Sc3ccc([N+](=O)[O-])cc3)s2)CC1. The third-order valence-corrected chi connectivity index (χ3v) is 5.87. The molecule has 0 unspecified atom stereocenters. The molecule has 0 radical (unpaired) electrons. The minimum Gasteiger partial charge on any atom is -0.346 e. The summed E-state index contributed by atoms with van der Waals surface area (Å²) >= 11 is 3.00. The van der Waals surface area contributed by atoms with Crippen LogP contribution in [0.2, 0.25) is 0 Å². The Balaban J connectivity index is 1.64. The molecule has 1 aliphatic heterocycles. The van der Waals surface area contributed by atoms with E-state index < -0.39 is 4.92 Å². The molecule has 7 nitrogen and oxygen atoms in total. The van der Waals surface area contributed by atoms with Gasteiger partial charge in [0.05, 0.1) is 4.92 Å². The maximum Gasteiger partial charge on any atom is 0.269 e. The maximum absolute atomic E-state index is 10.7. The van der Waals surface area contributed by atoms with E-state index in [0.717, 1.165) is 40.3 Å². The van der Waals surface area contributed by atoms with E-state index in [0.29, 0.717) is 0 Å². The van der Waals surface area contributed by atoms with E-state index in [9.17, 15) is 10.1 Å². The fraction of sp³-hybridized carbons (Fsp3) is 0.429. The topological polar surface area (TPSA) is 98.2 Å². The van der Waals surface area contributed by atoms with Gasteiger partial charge in [0.1, 0.15) is 0 Å². The van der Waals surface area contributed by atoms with Crippen molar-refractivity contribution in [2.45, 2.75) is 34.5 Å². The molecule has 0 bridgehead atoms. The molecule has 3 rings (SSSR count). The van der Waals surface area contributed by atoms with Crippen LogP contribution in [-0.4, -0.2) is 33.7 Å². The summed E-state index contributed by atoms with van der Waals surface area (Å²) in [6.45, 7) is 3.87. The number of nitro groups is 1. The lowest BCUT2D eigenvalue weighted by molar-refractivity contribution is -0.384. The Hall–Kier alpha value is -1.71. The summed E-state index contributed by atoms with van der Waals surface area (Å²) in [5.74, 6) is 0. The molecule has 0 amide bonds. The largest absolute Gasteiger partial charge is 0.346 e. The quantitative estimate of drug-likeness (QED) is 0.668. The lowest BCUT2D eigenvalue weighted by atomic mass is 9.91. The summed E-state index contributed by atoms with van der Waals surface area (Å²) in [6, 6.07) is 6.45. The smallest absolute Gasteiger partial charge is 0.269 e. The normalized spacial score (nSPS) is 17.2. The predicted molar refractivity (Wildman–Crippen MR) is 91.2 cm³/mol. The van der Waals surface area contributed by atoms with Crippen LogP contribution in [0.15, 0.2) is 33.5 Å². The average molecular weight is 351 g/mol. The molecule has 1 fully saturated rings. The molecule has 2 aromatic rings. The number of nitrogens with zero attached hydrogens (tertiary/aromatic N) is 4. The summed E-state index contributed by atoms with van der Waals surface area (Å²) in [5, 5.41) is 20.0. The molecule has 2 N–H and O–H groups in total. The van der Waals surface area contributed by atoms with Crippen LogP contribution in [0.4, 0.5) is 10.8 Å². The fourth-order valence-corrected chi connectivity index (χ4v) is 4.18. The van der Waals surface area contributed by atoms with E-state index in [-0.39, 0.29) is 11.2 Å². The van der Waals surface area contributed by atoms with Gasteiger partial charge in [-0.3, -0.25) is 10.1 Å². The van der Waals surface area contributed by atoms with Gasteiger partial charge < -0.3 is 10.6 Å². The first-order valence-electron chi connectivity index (χ1n) is 7.23. The van der Waals surface area contributed by atoms with Crippen LogP contribution >= 0.6 is 23.1 Å². The van der Waals surface area contributed by atoms with Crippen LogP contribution in [-0.2, 0) is 0 Å². The molecule has 0 atom stereocenters. The van der Waals surface area contributed by atoms with Gasteiger partial charge in [-0.1, -0.05) is 23.1 Å². The van der Waals surface area contributed by atoms with Gasteiger partial charge in [0.2, 0.25) is 5.13 Å². The molecule has 1 aromatic heterocycles. The van der Waals surface area contributed by atoms with Gasteiger partial charge in [0, 0.05) is 35.7 Å². The number of anilines is 1. The first-order valence-corrected chi connectivity index (χ1v) is 8.86. The first kappa shape index (κ1) is 16.2.